The van der Waals surface area contributed by atoms with Crippen LogP contribution in [0.5, 0.6) is 0 Å². The highest BCUT2D eigenvalue weighted by atomic mass is 35.5. The number of halogens is 1. The van der Waals surface area contributed by atoms with Gasteiger partial charge in [-0.05, 0) is 18.2 Å². The van der Waals surface area contributed by atoms with E-state index in [0.717, 1.165) is 11.3 Å². The fourth-order valence-electron chi connectivity index (χ4n) is 1.24. The lowest BCUT2D eigenvalue weighted by molar-refractivity contribution is 0.276. The van der Waals surface area contributed by atoms with E-state index >= 15 is 0 Å². The van der Waals surface area contributed by atoms with Crippen molar-refractivity contribution in [2.75, 3.05) is 0 Å². The van der Waals surface area contributed by atoms with Gasteiger partial charge in [-0.25, -0.2) is 0 Å². The van der Waals surface area contributed by atoms with Crippen LogP contribution in [0.2, 0.25) is 5.02 Å². The Morgan fingerprint density at radius 3 is 2.86 bits per heavy atom. The van der Waals surface area contributed by atoms with Crippen molar-refractivity contribution in [3.05, 3.63) is 41.0 Å². The number of hydrogen-bond acceptors (Lipinski definition) is 2. The van der Waals surface area contributed by atoms with Crippen LogP contribution >= 0.6 is 11.6 Å². The number of rotatable bonds is 2. The molecule has 0 aliphatic carbocycles. The lowest BCUT2D eigenvalue weighted by atomic mass is 10.1. The van der Waals surface area contributed by atoms with E-state index in [9.17, 15) is 0 Å². The van der Waals surface area contributed by atoms with E-state index in [4.69, 9.17) is 16.7 Å². The molecule has 0 aliphatic rings. The molecule has 0 aliphatic heterocycles. The second kappa shape index (κ2) is 3.82. The van der Waals surface area contributed by atoms with E-state index in [-0.39, 0.29) is 6.61 Å². The molecular formula is C10H9ClN2O. The van der Waals surface area contributed by atoms with Crippen molar-refractivity contribution < 1.29 is 5.11 Å². The van der Waals surface area contributed by atoms with Gasteiger partial charge in [-0.3, -0.25) is 5.10 Å². The van der Waals surface area contributed by atoms with Crippen LogP contribution in [0.15, 0.2) is 30.3 Å². The molecule has 1 heterocycles. The molecule has 0 saturated heterocycles. The van der Waals surface area contributed by atoms with Crippen molar-refractivity contribution in [3.8, 4) is 11.3 Å². The maximum atomic E-state index is 8.86. The summed E-state index contributed by atoms with van der Waals surface area (Å²) >= 11 is 5.85. The van der Waals surface area contributed by atoms with E-state index in [1.54, 1.807) is 6.07 Å². The minimum Gasteiger partial charge on any atom is -0.390 e. The van der Waals surface area contributed by atoms with Gasteiger partial charge in [0.25, 0.3) is 0 Å². The predicted molar refractivity (Wildman–Crippen MR) is 55.0 cm³/mol. The SMILES string of the molecule is OCc1cc(-c2cccc(Cl)c2)n[nH]1. The predicted octanol–water partition coefficient (Wildman–Crippen LogP) is 2.22. The molecule has 0 saturated carbocycles. The van der Waals surface area contributed by atoms with Gasteiger partial charge in [-0.1, -0.05) is 23.7 Å². The summed E-state index contributed by atoms with van der Waals surface area (Å²) in [6.07, 6.45) is 0. The van der Waals surface area contributed by atoms with Crippen LogP contribution < -0.4 is 0 Å². The number of aromatic amines is 1. The number of nitrogens with zero attached hydrogens (tertiary/aromatic N) is 1. The third-order valence-corrected chi connectivity index (χ3v) is 2.16. The van der Waals surface area contributed by atoms with Crippen LogP contribution in [0.25, 0.3) is 11.3 Å². The van der Waals surface area contributed by atoms with Crippen molar-refractivity contribution in [3.63, 3.8) is 0 Å². The molecule has 14 heavy (non-hydrogen) atoms. The van der Waals surface area contributed by atoms with Crippen LogP contribution in [0, 0.1) is 0 Å². The maximum Gasteiger partial charge on any atom is 0.0924 e. The van der Waals surface area contributed by atoms with Crippen LogP contribution in [0.1, 0.15) is 5.69 Å². The summed E-state index contributed by atoms with van der Waals surface area (Å²) in [5.41, 5.74) is 2.42. The second-order valence-electron chi connectivity index (χ2n) is 2.95. The monoisotopic (exact) mass is 208 g/mol. The molecule has 1 aromatic carbocycles. The highest BCUT2D eigenvalue weighted by molar-refractivity contribution is 6.30. The number of hydrogen-bond donors (Lipinski definition) is 2. The molecule has 0 atom stereocenters. The van der Waals surface area contributed by atoms with Crippen molar-refractivity contribution in [2.24, 2.45) is 0 Å². The standard InChI is InChI=1S/C10H9ClN2O/c11-8-3-1-2-7(4-8)10-5-9(6-14)12-13-10/h1-5,14H,6H2,(H,12,13). The zero-order chi connectivity index (χ0) is 9.97. The first-order valence-electron chi connectivity index (χ1n) is 4.20. The highest BCUT2D eigenvalue weighted by Crippen LogP contribution is 2.21. The number of aliphatic hydroxyl groups excluding tert-OH is 1. The Labute approximate surface area is 86.3 Å². The van der Waals surface area contributed by atoms with Crippen molar-refractivity contribution in [2.45, 2.75) is 6.61 Å². The van der Waals surface area contributed by atoms with Crippen LogP contribution in [0.3, 0.4) is 0 Å². The zero-order valence-corrected chi connectivity index (χ0v) is 8.12. The summed E-state index contributed by atoms with van der Waals surface area (Å²) in [6, 6.07) is 9.23. The van der Waals surface area contributed by atoms with E-state index in [1.807, 2.05) is 24.3 Å². The average molecular weight is 209 g/mol. The van der Waals surface area contributed by atoms with Gasteiger partial charge in [-0.2, -0.15) is 5.10 Å². The molecule has 0 bridgehead atoms. The van der Waals surface area contributed by atoms with Gasteiger partial charge in [0.1, 0.15) is 0 Å². The topological polar surface area (TPSA) is 48.9 Å². The van der Waals surface area contributed by atoms with E-state index in [2.05, 4.69) is 10.2 Å². The number of aliphatic hydroxyl groups is 1. The summed E-state index contributed by atoms with van der Waals surface area (Å²) in [6.45, 7) is -0.0342. The number of benzene rings is 1. The molecule has 1 aromatic heterocycles. The number of H-pyrrole nitrogens is 1. The van der Waals surface area contributed by atoms with Gasteiger partial charge in [-0.15, -0.1) is 0 Å². The Balaban J connectivity index is 2.39. The van der Waals surface area contributed by atoms with Crippen LogP contribution in [0.4, 0.5) is 0 Å². The maximum absolute atomic E-state index is 8.86. The lowest BCUT2D eigenvalue weighted by Gasteiger charge is -1.95. The minimum atomic E-state index is -0.0342. The molecular weight excluding hydrogens is 200 g/mol. The Bertz CT molecular complexity index is 439. The Hall–Kier alpha value is -1.32. The van der Waals surface area contributed by atoms with Gasteiger partial charge in [0.15, 0.2) is 0 Å². The van der Waals surface area contributed by atoms with E-state index < -0.39 is 0 Å². The molecule has 72 valence electrons. The summed E-state index contributed by atoms with van der Waals surface area (Å²) in [4.78, 5) is 0. The van der Waals surface area contributed by atoms with Gasteiger partial charge in [0.2, 0.25) is 0 Å². The molecule has 4 heteroatoms. The summed E-state index contributed by atoms with van der Waals surface area (Å²) in [7, 11) is 0. The summed E-state index contributed by atoms with van der Waals surface area (Å²) in [5, 5.41) is 16.3. The Kier molecular flexibility index (Phi) is 2.52. The van der Waals surface area contributed by atoms with Gasteiger partial charge < -0.3 is 5.11 Å². The van der Waals surface area contributed by atoms with E-state index in [0.29, 0.717) is 10.7 Å². The van der Waals surface area contributed by atoms with E-state index in [1.165, 1.54) is 0 Å². The quantitative estimate of drug-likeness (QED) is 0.795. The largest absolute Gasteiger partial charge is 0.390 e. The van der Waals surface area contributed by atoms with Gasteiger partial charge in [0, 0.05) is 10.6 Å². The Morgan fingerprint density at radius 2 is 2.21 bits per heavy atom. The summed E-state index contributed by atoms with van der Waals surface area (Å²) < 4.78 is 0. The first kappa shape index (κ1) is 9.24. The Morgan fingerprint density at radius 1 is 1.36 bits per heavy atom. The normalized spacial score (nSPS) is 10.4. The first-order valence-corrected chi connectivity index (χ1v) is 4.58. The molecule has 3 nitrogen and oxygen atoms in total. The molecule has 0 spiro atoms. The average Bonchev–Trinajstić information content (AvgIpc) is 2.66. The summed E-state index contributed by atoms with van der Waals surface area (Å²) in [5.74, 6) is 0. The first-order chi connectivity index (χ1) is 6.79. The minimum absolute atomic E-state index is 0.0342. The van der Waals surface area contributed by atoms with Crippen LogP contribution in [-0.2, 0) is 6.61 Å². The fraction of sp³-hybridized carbons (Fsp3) is 0.100. The highest BCUT2D eigenvalue weighted by Gasteiger charge is 2.02. The fourth-order valence-corrected chi connectivity index (χ4v) is 1.43. The molecule has 2 N–H and O–H groups in total. The van der Waals surface area contributed by atoms with Crippen molar-refractivity contribution in [1.82, 2.24) is 10.2 Å². The lowest BCUT2D eigenvalue weighted by Crippen LogP contribution is -1.79. The third kappa shape index (κ3) is 1.78. The second-order valence-corrected chi connectivity index (χ2v) is 3.38. The molecule has 0 amide bonds. The molecule has 2 rings (SSSR count). The number of nitrogens with one attached hydrogen (secondary N) is 1. The third-order valence-electron chi connectivity index (χ3n) is 1.92. The van der Waals surface area contributed by atoms with Gasteiger partial charge in [0.05, 0.1) is 18.0 Å². The zero-order valence-electron chi connectivity index (χ0n) is 7.37. The van der Waals surface area contributed by atoms with Crippen molar-refractivity contribution in [1.29, 1.82) is 0 Å². The number of aromatic nitrogens is 2. The van der Waals surface area contributed by atoms with Gasteiger partial charge >= 0.3 is 0 Å². The molecule has 0 unspecified atom stereocenters. The molecule has 2 aromatic rings. The molecule has 0 fully saturated rings. The smallest absolute Gasteiger partial charge is 0.0924 e. The molecule has 0 radical (unpaired) electrons. The van der Waals surface area contributed by atoms with Crippen LogP contribution in [-0.4, -0.2) is 15.3 Å². The van der Waals surface area contributed by atoms with Crippen molar-refractivity contribution >= 4 is 11.6 Å².